The molecule has 0 spiro atoms. The third kappa shape index (κ3) is 2.94. The van der Waals surface area contributed by atoms with E-state index in [0.29, 0.717) is 12.5 Å². The molecule has 2 N–H and O–H groups in total. The Balaban J connectivity index is 2.52. The van der Waals surface area contributed by atoms with Crippen molar-refractivity contribution >= 4 is 5.91 Å². The van der Waals surface area contributed by atoms with E-state index in [-0.39, 0.29) is 11.5 Å². The lowest BCUT2D eigenvalue weighted by molar-refractivity contribution is -0.138. The van der Waals surface area contributed by atoms with Crippen molar-refractivity contribution in [3.63, 3.8) is 0 Å². The highest BCUT2D eigenvalue weighted by Gasteiger charge is 2.36. The summed E-state index contributed by atoms with van der Waals surface area (Å²) in [6.07, 6.45) is 4.13. The summed E-state index contributed by atoms with van der Waals surface area (Å²) in [6.45, 7) is 7.95. The summed E-state index contributed by atoms with van der Waals surface area (Å²) in [5, 5.41) is 0. The average molecular weight is 212 g/mol. The summed E-state index contributed by atoms with van der Waals surface area (Å²) in [5.74, 6) is 0.442. The predicted molar refractivity (Wildman–Crippen MR) is 62.5 cm³/mol. The Morgan fingerprint density at radius 3 is 2.67 bits per heavy atom. The molecule has 0 aromatic rings. The van der Waals surface area contributed by atoms with Gasteiger partial charge in [-0.15, -0.1) is 0 Å². The molecular formula is C12H24N2O. The van der Waals surface area contributed by atoms with Gasteiger partial charge in [0.25, 0.3) is 0 Å². The lowest BCUT2D eigenvalue weighted by Gasteiger charge is -2.33. The summed E-state index contributed by atoms with van der Waals surface area (Å²) in [4.78, 5) is 14.2. The Hall–Kier alpha value is -0.570. The summed E-state index contributed by atoms with van der Waals surface area (Å²) in [7, 11) is 0. The fourth-order valence-corrected chi connectivity index (χ4v) is 2.33. The van der Waals surface area contributed by atoms with Crippen molar-refractivity contribution in [2.45, 2.75) is 52.0 Å². The van der Waals surface area contributed by atoms with Crippen molar-refractivity contribution in [3.05, 3.63) is 0 Å². The molecule has 0 saturated carbocycles. The highest BCUT2D eigenvalue weighted by Crippen LogP contribution is 2.30. The Morgan fingerprint density at radius 1 is 1.53 bits per heavy atom. The zero-order valence-electron chi connectivity index (χ0n) is 10.3. The van der Waals surface area contributed by atoms with Crippen LogP contribution in [0.15, 0.2) is 0 Å². The molecule has 1 aliphatic rings. The minimum Gasteiger partial charge on any atom is -0.337 e. The molecule has 15 heavy (non-hydrogen) atoms. The van der Waals surface area contributed by atoms with Crippen molar-refractivity contribution < 1.29 is 4.79 Å². The minimum atomic E-state index is 0.0635. The van der Waals surface area contributed by atoms with Gasteiger partial charge in [-0.3, -0.25) is 4.79 Å². The van der Waals surface area contributed by atoms with Gasteiger partial charge in [-0.25, -0.2) is 0 Å². The van der Waals surface area contributed by atoms with Crippen molar-refractivity contribution in [1.82, 2.24) is 4.90 Å². The molecule has 1 fully saturated rings. The lowest BCUT2D eigenvalue weighted by Crippen LogP contribution is -2.45. The predicted octanol–water partition coefficient (Wildman–Crippen LogP) is 1.76. The van der Waals surface area contributed by atoms with E-state index in [1.165, 1.54) is 0 Å². The summed E-state index contributed by atoms with van der Waals surface area (Å²) in [5.41, 5.74) is 5.52. The second-order valence-electron chi connectivity index (χ2n) is 5.24. The molecule has 1 atom stereocenters. The summed E-state index contributed by atoms with van der Waals surface area (Å²) >= 11 is 0. The quantitative estimate of drug-likeness (QED) is 0.772. The zero-order valence-corrected chi connectivity index (χ0v) is 10.3. The molecule has 1 heterocycles. The van der Waals surface area contributed by atoms with Gasteiger partial charge in [0.2, 0.25) is 5.91 Å². The molecule has 88 valence electrons. The van der Waals surface area contributed by atoms with E-state index in [0.717, 1.165) is 32.2 Å². The van der Waals surface area contributed by atoms with E-state index in [1.54, 1.807) is 0 Å². The minimum absolute atomic E-state index is 0.0635. The highest BCUT2D eigenvalue weighted by atomic mass is 16.2. The number of nitrogens with zero attached hydrogens (tertiary/aromatic N) is 1. The molecule has 3 nitrogen and oxygen atoms in total. The van der Waals surface area contributed by atoms with Crippen LogP contribution in [0.5, 0.6) is 0 Å². The van der Waals surface area contributed by atoms with Crippen LogP contribution in [-0.2, 0) is 4.79 Å². The molecule has 0 aliphatic carbocycles. The molecule has 3 heteroatoms. The number of nitrogens with two attached hydrogens (primary N) is 1. The van der Waals surface area contributed by atoms with E-state index >= 15 is 0 Å². The van der Waals surface area contributed by atoms with Crippen molar-refractivity contribution in [1.29, 1.82) is 0 Å². The maximum absolute atomic E-state index is 12.2. The van der Waals surface area contributed by atoms with Gasteiger partial charge in [-0.1, -0.05) is 6.92 Å². The van der Waals surface area contributed by atoms with Crippen LogP contribution in [0.4, 0.5) is 0 Å². The normalized spacial score (nSPS) is 21.7. The van der Waals surface area contributed by atoms with E-state index in [1.807, 2.05) is 11.8 Å². The second kappa shape index (κ2) is 4.97. The molecule has 1 amide bonds. The fourth-order valence-electron chi connectivity index (χ4n) is 2.33. The molecule has 1 aliphatic heterocycles. The average Bonchev–Trinajstić information content (AvgIpc) is 2.53. The topological polar surface area (TPSA) is 46.3 Å². The maximum atomic E-state index is 12.2. The number of carbonyl (C=O) groups excluding carboxylic acids is 1. The van der Waals surface area contributed by atoms with Crippen LogP contribution >= 0.6 is 0 Å². The Morgan fingerprint density at radius 2 is 2.20 bits per heavy atom. The second-order valence-corrected chi connectivity index (χ2v) is 5.24. The van der Waals surface area contributed by atoms with Crippen molar-refractivity contribution in [2.75, 3.05) is 13.1 Å². The maximum Gasteiger partial charge on any atom is 0.225 e. The van der Waals surface area contributed by atoms with Crippen LogP contribution in [0.2, 0.25) is 0 Å². The molecule has 1 rings (SSSR count). The van der Waals surface area contributed by atoms with Crippen LogP contribution < -0.4 is 5.73 Å². The zero-order chi connectivity index (χ0) is 11.5. The Kier molecular flexibility index (Phi) is 4.14. The molecule has 0 radical (unpaired) electrons. The lowest BCUT2D eigenvalue weighted by atomic mass is 9.98. The SMILES string of the molecule is CC(CCCN)C(=O)N1CCCC1(C)C. The van der Waals surface area contributed by atoms with Gasteiger partial charge in [-0.05, 0) is 46.1 Å². The number of amides is 1. The number of carbonyl (C=O) groups is 1. The van der Waals surface area contributed by atoms with Gasteiger partial charge >= 0.3 is 0 Å². The standard InChI is InChI=1S/C12H24N2O/c1-10(6-4-8-13)11(15)14-9-5-7-12(14,2)3/h10H,4-9,13H2,1-3H3. The van der Waals surface area contributed by atoms with Gasteiger partial charge < -0.3 is 10.6 Å². The molecule has 1 saturated heterocycles. The van der Waals surface area contributed by atoms with Gasteiger partial charge in [0.1, 0.15) is 0 Å². The summed E-state index contributed by atoms with van der Waals surface area (Å²) < 4.78 is 0. The van der Waals surface area contributed by atoms with Crippen molar-refractivity contribution in [2.24, 2.45) is 11.7 Å². The van der Waals surface area contributed by atoms with Crippen molar-refractivity contribution in [3.8, 4) is 0 Å². The largest absolute Gasteiger partial charge is 0.337 e. The molecular weight excluding hydrogens is 188 g/mol. The first-order chi connectivity index (χ1) is 6.99. The van der Waals surface area contributed by atoms with Gasteiger partial charge in [-0.2, -0.15) is 0 Å². The molecule has 1 unspecified atom stereocenters. The first kappa shape index (κ1) is 12.5. The van der Waals surface area contributed by atoms with Gasteiger partial charge in [0, 0.05) is 18.0 Å². The summed E-state index contributed by atoms with van der Waals surface area (Å²) in [6, 6.07) is 0. The van der Waals surface area contributed by atoms with Crippen LogP contribution in [0.1, 0.15) is 46.5 Å². The van der Waals surface area contributed by atoms with E-state index < -0.39 is 0 Å². The van der Waals surface area contributed by atoms with Gasteiger partial charge in [0.15, 0.2) is 0 Å². The molecule has 0 aromatic carbocycles. The van der Waals surface area contributed by atoms with E-state index in [4.69, 9.17) is 5.73 Å². The number of hydrogen-bond acceptors (Lipinski definition) is 2. The monoisotopic (exact) mass is 212 g/mol. The van der Waals surface area contributed by atoms with E-state index in [2.05, 4.69) is 13.8 Å². The van der Waals surface area contributed by atoms with Gasteiger partial charge in [0.05, 0.1) is 0 Å². The number of rotatable bonds is 4. The van der Waals surface area contributed by atoms with Crippen LogP contribution in [0, 0.1) is 5.92 Å². The highest BCUT2D eigenvalue weighted by molar-refractivity contribution is 5.79. The number of likely N-dealkylation sites (tertiary alicyclic amines) is 1. The number of hydrogen-bond donors (Lipinski definition) is 1. The smallest absolute Gasteiger partial charge is 0.225 e. The Labute approximate surface area is 93.0 Å². The molecule has 0 bridgehead atoms. The molecule has 0 aromatic heterocycles. The third-order valence-corrected chi connectivity index (χ3v) is 3.43. The van der Waals surface area contributed by atoms with Crippen LogP contribution in [-0.4, -0.2) is 29.4 Å². The third-order valence-electron chi connectivity index (χ3n) is 3.43. The van der Waals surface area contributed by atoms with E-state index in [9.17, 15) is 4.79 Å². The Bertz CT molecular complexity index is 226. The first-order valence-electron chi connectivity index (χ1n) is 6.00. The first-order valence-corrected chi connectivity index (χ1v) is 6.00. The fraction of sp³-hybridized carbons (Fsp3) is 0.917. The van der Waals surface area contributed by atoms with Crippen LogP contribution in [0.3, 0.4) is 0 Å². The van der Waals surface area contributed by atoms with Crippen LogP contribution in [0.25, 0.3) is 0 Å².